The normalized spacial score (nSPS) is 24.7. The van der Waals surface area contributed by atoms with Gasteiger partial charge in [-0.3, -0.25) is 0 Å². The molecule has 20 heavy (non-hydrogen) atoms. The Kier molecular flexibility index (Phi) is 5.38. The maximum atomic E-state index is 9.88. The summed E-state index contributed by atoms with van der Waals surface area (Å²) < 4.78 is 0. The summed E-state index contributed by atoms with van der Waals surface area (Å²) in [7, 11) is 0. The van der Waals surface area contributed by atoms with Crippen LogP contribution in [0.4, 0.5) is 5.82 Å². The number of aromatic nitrogens is 1. The van der Waals surface area contributed by atoms with Crippen LogP contribution in [0.3, 0.4) is 0 Å². The van der Waals surface area contributed by atoms with Crippen LogP contribution in [-0.2, 0) is 0 Å². The van der Waals surface area contributed by atoms with Crippen molar-refractivity contribution in [2.24, 2.45) is 5.92 Å². The van der Waals surface area contributed by atoms with Gasteiger partial charge < -0.3 is 15.3 Å². The average Bonchev–Trinajstić information content (AvgIpc) is 2.47. The van der Waals surface area contributed by atoms with Gasteiger partial charge in [0, 0.05) is 30.9 Å². The molecule has 1 aromatic heterocycles. The molecule has 0 saturated carbocycles. The van der Waals surface area contributed by atoms with Crippen molar-refractivity contribution < 1.29 is 5.11 Å². The van der Waals surface area contributed by atoms with E-state index in [2.05, 4.69) is 42.0 Å². The van der Waals surface area contributed by atoms with Crippen LogP contribution in [-0.4, -0.2) is 35.8 Å². The highest BCUT2D eigenvalue weighted by Crippen LogP contribution is 2.28. The van der Waals surface area contributed by atoms with Crippen molar-refractivity contribution in [3.8, 4) is 0 Å². The van der Waals surface area contributed by atoms with Gasteiger partial charge in [0.15, 0.2) is 0 Å². The quantitative estimate of drug-likeness (QED) is 0.867. The Balaban J connectivity index is 2.15. The van der Waals surface area contributed by atoms with E-state index < -0.39 is 0 Å². The van der Waals surface area contributed by atoms with E-state index >= 15 is 0 Å². The van der Waals surface area contributed by atoms with E-state index in [0.29, 0.717) is 12.0 Å². The van der Waals surface area contributed by atoms with E-state index in [1.165, 1.54) is 5.56 Å². The van der Waals surface area contributed by atoms with Gasteiger partial charge in [0.05, 0.1) is 6.10 Å². The van der Waals surface area contributed by atoms with Crippen molar-refractivity contribution in [2.45, 2.75) is 45.8 Å². The minimum atomic E-state index is -0.172. The Morgan fingerprint density at radius 1 is 1.55 bits per heavy atom. The number of aliphatic hydroxyl groups excluding tert-OH is 1. The lowest BCUT2D eigenvalue weighted by Crippen LogP contribution is -2.43. The van der Waals surface area contributed by atoms with Crippen molar-refractivity contribution in [3.63, 3.8) is 0 Å². The maximum absolute atomic E-state index is 9.88. The second-order valence-electron chi connectivity index (χ2n) is 5.87. The summed E-state index contributed by atoms with van der Waals surface area (Å²) in [4.78, 5) is 6.91. The number of nitrogens with one attached hydrogen (secondary N) is 1. The molecule has 1 saturated heterocycles. The molecule has 1 aliphatic rings. The van der Waals surface area contributed by atoms with Gasteiger partial charge in [-0.25, -0.2) is 4.98 Å². The van der Waals surface area contributed by atoms with Crippen LogP contribution in [0.5, 0.6) is 0 Å². The fraction of sp³-hybridized carbons (Fsp3) is 0.688. The van der Waals surface area contributed by atoms with Gasteiger partial charge in [-0.05, 0) is 38.3 Å². The van der Waals surface area contributed by atoms with Gasteiger partial charge in [-0.1, -0.05) is 19.9 Å². The number of piperidine rings is 1. The van der Waals surface area contributed by atoms with Crippen LogP contribution in [0.1, 0.15) is 45.2 Å². The highest BCUT2D eigenvalue weighted by Gasteiger charge is 2.26. The van der Waals surface area contributed by atoms with Gasteiger partial charge in [-0.15, -0.1) is 0 Å². The molecule has 4 nitrogen and oxygen atoms in total. The number of aliphatic hydroxyl groups is 1. The predicted octanol–water partition coefficient (Wildman–Crippen LogP) is 2.35. The van der Waals surface area contributed by atoms with E-state index in [0.717, 1.165) is 38.3 Å². The average molecular weight is 277 g/mol. The molecular weight excluding hydrogens is 250 g/mol. The molecule has 4 heteroatoms. The lowest BCUT2D eigenvalue weighted by Gasteiger charge is -2.36. The van der Waals surface area contributed by atoms with E-state index in [4.69, 9.17) is 0 Å². The topological polar surface area (TPSA) is 48.4 Å². The summed E-state index contributed by atoms with van der Waals surface area (Å²) in [5.74, 6) is 1.37. The van der Waals surface area contributed by atoms with Gasteiger partial charge >= 0.3 is 0 Å². The molecule has 0 aromatic carbocycles. The fourth-order valence-corrected chi connectivity index (χ4v) is 2.81. The number of rotatable bonds is 5. The predicted molar refractivity (Wildman–Crippen MR) is 82.9 cm³/mol. The van der Waals surface area contributed by atoms with Gasteiger partial charge in [0.1, 0.15) is 5.82 Å². The zero-order chi connectivity index (χ0) is 14.5. The van der Waals surface area contributed by atoms with Gasteiger partial charge in [0.2, 0.25) is 0 Å². The Hall–Kier alpha value is -1.13. The third-order valence-electron chi connectivity index (χ3n) is 4.14. The number of hydrogen-bond donors (Lipinski definition) is 2. The Bertz CT molecular complexity index is 424. The molecule has 0 bridgehead atoms. The third-order valence-corrected chi connectivity index (χ3v) is 4.14. The van der Waals surface area contributed by atoms with E-state index in [-0.39, 0.29) is 6.10 Å². The molecule has 2 heterocycles. The molecule has 1 aromatic rings. The Morgan fingerprint density at radius 3 is 3.05 bits per heavy atom. The van der Waals surface area contributed by atoms with Gasteiger partial charge in [0.25, 0.3) is 0 Å². The van der Waals surface area contributed by atoms with Crippen LogP contribution >= 0.6 is 0 Å². The number of nitrogens with zero attached hydrogens (tertiary/aromatic N) is 2. The largest absolute Gasteiger partial charge is 0.393 e. The summed E-state index contributed by atoms with van der Waals surface area (Å²) in [6.45, 7) is 9.26. The summed E-state index contributed by atoms with van der Waals surface area (Å²) in [6.07, 6.45) is 3.65. The minimum absolute atomic E-state index is 0.172. The molecule has 0 radical (unpaired) electrons. The molecule has 1 fully saturated rings. The molecule has 1 aliphatic heterocycles. The molecule has 3 unspecified atom stereocenters. The van der Waals surface area contributed by atoms with Crippen LogP contribution in [0.2, 0.25) is 0 Å². The van der Waals surface area contributed by atoms with Crippen LogP contribution in [0.15, 0.2) is 18.3 Å². The second-order valence-corrected chi connectivity index (χ2v) is 5.87. The first-order valence-corrected chi connectivity index (χ1v) is 7.74. The molecule has 112 valence electrons. The van der Waals surface area contributed by atoms with Crippen molar-refractivity contribution in [2.75, 3.05) is 24.5 Å². The lowest BCUT2D eigenvalue weighted by molar-refractivity contribution is 0.0968. The number of pyridine rings is 1. The van der Waals surface area contributed by atoms with E-state index in [1.54, 1.807) is 0 Å². The molecule has 2 rings (SSSR count). The smallest absolute Gasteiger partial charge is 0.133 e. The Morgan fingerprint density at radius 2 is 2.35 bits per heavy atom. The maximum Gasteiger partial charge on any atom is 0.133 e. The van der Waals surface area contributed by atoms with Crippen molar-refractivity contribution in [1.82, 2.24) is 10.3 Å². The van der Waals surface area contributed by atoms with Crippen LogP contribution < -0.4 is 10.2 Å². The van der Waals surface area contributed by atoms with Gasteiger partial charge in [-0.2, -0.15) is 0 Å². The SMILES string of the molecule is CCCNC(C)c1cccnc1N1CCC(O)C(C)C1. The summed E-state index contributed by atoms with van der Waals surface area (Å²) >= 11 is 0. The Labute approximate surface area is 122 Å². The second kappa shape index (κ2) is 7.04. The zero-order valence-corrected chi connectivity index (χ0v) is 12.8. The summed E-state index contributed by atoms with van der Waals surface area (Å²) in [5, 5.41) is 13.4. The first-order valence-electron chi connectivity index (χ1n) is 7.74. The first kappa shape index (κ1) is 15.3. The summed E-state index contributed by atoms with van der Waals surface area (Å²) in [5.41, 5.74) is 1.25. The van der Waals surface area contributed by atoms with E-state index in [9.17, 15) is 5.11 Å². The third kappa shape index (κ3) is 3.49. The fourth-order valence-electron chi connectivity index (χ4n) is 2.81. The minimum Gasteiger partial charge on any atom is -0.393 e. The molecule has 2 N–H and O–H groups in total. The summed E-state index contributed by atoms with van der Waals surface area (Å²) in [6, 6.07) is 4.47. The highest BCUT2D eigenvalue weighted by atomic mass is 16.3. The van der Waals surface area contributed by atoms with E-state index in [1.807, 2.05) is 12.3 Å². The zero-order valence-electron chi connectivity index (χ0n) is 12.8. The number of anilines is 1. The standard InChI is InChI=1S/C16H27N3O/c1-4-8-17-13(3)14-6-5-9-18-16(14)19-10-7-15(20)12(2)11-19/h5-6,9,12-13,15,17,20H,4,7-8,10-11H2,1-3H3. The molecule has 0 aliphatic carbocycles. The molecule has 0 amide bonds. The monoisotopic (exact) mass is 277 g/mol. The van der Waals surface area contributed by atoms with Crippen molar-refractivity contribution in [3.05, 3.63) is 23.9 Å². The highest BCUT2D eigenvalue weighted by molar-refractivity contribution is 5.48. The van der Waals surface area contributed by atoms with Crippen molar-refractivity contribution >= 4 is 5.82 Å². The van der Waals surface area contributed by atoms with Crippen LogP contribution in [0, 0.1) is 5.92 Å². The lowest BCUT2D eigenvalue weighted by atomic mass is 9.96. The van der Waals surface area contributed by atoms with Crippen molar-refractivity contribution in [1.29, 1.82) is 0 Å². The molecule has 0 spiro atoms. The first-order chi connectivity index (χ1) is 9.63. The molecule has 3 atom stereocenters. The molecular formula is C16H27N3O. The number of hydrogen-bond acceptors (Lipinski definition) is 4. The van der Waals surface area contributed by atoms with Crippen LogP contribution in [0.25, 0.3) is 0 Å².